The standard InChI is InChI=1S/C18H13F7N2O2.2C2H6/c1-26-14(28)12-4-2-3-5-13(12)15(29)27-11-8-6-10(7-9-11)16(19,17(20,21)22)18(23,24)25;2*1-2/h2-9H,1H3,(H,26,28)(H,27,29);2*1-2H3. The van der Waals surface area contributed by atoms with Crippen molar-refractivity contribution < 1.29 is 40.3 Å². The number of carbonyl (C=O) groups is 2. The van der Waals surface area contributed by atoms with Gasteiger partial charge in [0.2, 0.25) is 0 Å². The van der Waals surface area contributed by atoms with Gasteiger partial charge >= 0.3 is 18.0 Å². The molecule has 0 spiro atoms. The molecule has 0 atom stereocenters. The van der Waals surface area contributed by atoms with Crippen molar-refractivity contribution in [1.29, 1.82) is 0 Å². The number of halogens is 7. The van der Waals surface area contributed by atoms with Crippen LogP contribution in [0.1, 0.15) is 54.0 Å². The van der Waals surface area contributed by atoms with Gasteiger partial charge in [-0.3, -0.25) is 9.59 Å². The Labute approximate surface area is 187 Å². The molecule has 0 fully saturated rings. The molecule has 2 N–H and O–H groups in total. The molecule has 0 aliphatic heterocycles. The van der Waals surface area contributed by atoms with Crippen LogP contribution in [-0.2, 0) is 5.67 Å². The summed E-state index contributed by atoms with van der Waals surface area (Å²) in [6.07, 6.45) is -12.5. The summed E-state index contributed by atoms with van der Waals surface area (Å²) < 4.78 is 90.6. The Morgan fingerprint density at radius 3 is 1.42 bits per heavy atom. The van der Waals surface area contributed by atoms with Gasteiger partial charge in [0, 0.05) is 18.3 Å². The number of hydrogen-bond acceptors (Lipinski definition) is 2. The van der Waals surface area contributed by atoms with E-state index in [4.69, 9.17) is 0 Å². The van der Waals surface area contributed by atoms with Crippen molar-refractivity contribution >= 4 is 17.5 Å². The second-order valence-corrected chi connectivity index (χ2v) is 5.81. The van der Waals surface area contributed by atoms with Gasteiger partial charge in [0.05, 0.1) is 11.1 Å². The van der Waals surface area contributed by atoms with E-state index >= 15 is 0 Å². The van der Waals surface area contributed by atoms with Crippen LogP contribution in [0.25, 0.3) is 0 Å². The molecule has 0 unspecified atom stereocenters. The summed E-state index contributed by atoms with van der Waals surface area (Å²) >= 11 is 0. The maximum Gasteiger partial charge on any atom is 0.435 e. The maximum absolute atomic E-state index is 14.0. The van der Waals surface area contributed by atoms with Crippen molar-refractivity contribution in [1.82, 2.24) is 5.32 Å². The van der Waals surface area contributed by atoms with E-state index in [0.717, 1.165) is 0 Å². The van der Waals surface area contributed by atoms with Gasteiger partial charge in [-0.25, -0.2) is 4.39 Å². The number of hydrogen-bond donors (Lipinski definition) is 2. The van der Waals surface area contributed by atoms with Crippen molar-refractivity contribution in [3.63, 3.8) is 0 Å². The average molecular weight is 482 g/mol. The fraction of sp³-hybridized carbons (Fsp3) is 0.364. The predicted molar refractivity (Wildman–Crippen MR) is 112 cm³/mol. The fourth-order valence-electron chi connectivity index (χ4n) is 2.48. The van der Waals surface area contributed by atoms with Gasteiger partial charge in [-0.15, -0.1) is 0 Å². The van der Waals surface area contributed by atoms with Crippen LogP contribution in [0, 0.1) is 0 Å². The summed E-state index contributed by atoms with van der Waals surface area (Å²) in [5.41, 5.74) is -7.52. The molecule has 0 saturated heterocycles. The molecule has 0 aliphatic rings. The van der Waals surface area contributed by atoms with Crippen LogP contribution in [0.2, 0.25) is 0 Å². The minimum Gasteiger partial charge on any atom is -0.355 e. The molecule has 0 saturated carbocycles. The first-order valence-electron chi connectivity index (χ1n) is 9.88. The van der Waals surface area contributed by atoms with Crippen molar-refractivity contribution in [3.05, 3.63) is 65.2 Å². The highest BCUT2D eigenvalue weighted by atomic mass is 19.4. The van der Waals surface area contributed by atoms with Crippen LogP contribution in [0.5, 0.6) is 0 Å². The Bertz CT molecular complexity index is 894. The van der Waals surface area contributed by atoms with E-state index < -0.39 is 35.4 Å². The normalized spacial score (nSPS) is 11.3. The summed E-state index contributed by atoms with van der Waals surface area (Å²) in [5, 5.41) is 4.55. The van der Waals surface area contributed by atoms with E-state index in [2.05, 4.69) is 10.6 Å². The summed E-state index contributed by atoms with van der Waals surface area (Å²) in [5.74, 6) is -1.42. The lowest BCUT2D eigenvalue weighted by atomic mass is 9.94. The number of benzene rings is 2. The van der Waals surface area contributed by atoms with Crippen LogP contribution in [0.4, 0.5) is 36.4 Å². The molecule has 2 aromatic carbocycles. The third-order valence-electron chi connectivity index (χ3n) is 3.97. The Hall–Kier alpha value is -3.11. The second-order valence-electron chi connectivity index (χ2n) is 5.81. The van der Waals surface area contributed by atoms with Gasteiger partial charge in [0.25, 0.3) is 11.8 Å². The van der Waals surface area contributed by atoms with Crippen molar-refractivity contribution in [2.45, 2.75) is 45.7 Å². The largest absolute Gasteiger partial charge is 0.435 e. The lowest BCUT2D eigenvalue weighted by molar-refractivity contribution is -0.348. The number of amides is 2. The first kappa shape index (κ1) is 29.9. The van der Waals surface area contributed by atoms with Gasteiger partial charge in [-0.2, -0.15) is 26.3 Å². The van der Waals surface area contributed by atoms with Crippen molar-refractivity contribution in [2.24, 2.45) is 0 Å². The molecule has 11 heteroatoms. The Balaban J connectivity index is 0.00000242. The molecule has 33 heavy (non-hydrogen) atoms. The van der Waals surface area contributed by atoms with Crippen molar-refractivity contribution in [3.8, 4) is 0 Å². The molecular formula is C22H25F7N2O2. The van der Waals surface area contributed by atoms with E-state index in [1.54, 1.807) is 0 Å². The van der Waals surface area contributed by atoms with E-state index in [-0.39, 0.29) is 28.9 Å². The second kappa shape index (κ2) is 12.2. The molecule has 0 aromatic heterocycles. The van der Waals surface area contributed by atoms with Crippen LogP contribution in [0.3, 0.4) is 0 Å². The van der Waals surface area contributed by atoms with E-state index in [9.17, 15) is 40.3 Å². The number of anilines is 1. The van der Waals surface area contributed by atoms with Gasteiger partial charge in [-0.1, -0.05) is 52.0 Å². The molecule has 4 nitrogen and oxygen atoms in total. The zero-order valence-corrected chi connectivity index (χ0v) is 18.6. The molecule has 0 bridgehead atoms. The Kier molecular flexibility index (Phi) is 11.1. The van der Waals surface area contributed by atoms with Crippen LogP contribution < -0.4 is 10.6 Å². The highest BCUT2D eigenvalue weighted by Gasteiger charge is 2.73. The highest BCUT2D eigenvalue weighted by Crippen LogP contribution is 2.53. The summed E-state index contributed by atoms with van der Waals surface area (Å²) in [4.78, 5) is 24.1. The minimum atomic E-state index is -6.23. The van der Waals surface area contributed by atoms with Crippen LogP contribution in [-0.4, -0.2) is 31.2 Å². The molecular weight excluding hydrogens is 457 g/mol. The molecule has 0 aliphatic carbocycles. The molecule has 184 valence electrons. The molecule has 2 rings (SSSR count). The average Bonchev–Trinajstić information content (AvgIpc) is 2.79. The third kappa shape index (κ3) is 6.69. The maximum atomic E-state index is 14.0. The number of rotatable bonds is 4. The van der Waals surface area contributed by atoms with E-state index in [1.807, 2.05) is 27.7 Å². The SMILES string of the molecule is CC.CC.CNC(=O)c1ccccc1C(=O)Nc1ccc(C(F)(C(F)(F)F)C(F)(F)F)cc1. The fourth-order valence-corrected chi connectivity index (χ4v) is 2.48. The van der Waals surface area contributed by atoms with Gasteiger partial charge in [-0.05, 0) is 24.3 Å². The predicted octanol–water partition coefficient (Wildman–Crippen LogP) is 6.64. The minimum absolute atomic E-state index is 0.000961. The lowest BCUT2D eigenvalue weighted by Gasteiger charge is -2.30. The Morgan fingerprint density at radius 1 is 0.667 bits per heavy atom. The zero-order valence-electron chi connectivity index (χ0n) is 18.6. The molecule has 2 amide bonds. The quantitative estimate of drug-likeness (QED) is 0.480. The van der Waals surface area contributed by atoms with Gasteiger partial charge in [0.1, 0.15) is 0 Å². The number of carbonyl (C=O) groups excluding carboxylic acids is 2. The smallest absolute Gasteiger partial charge is 0.355 e. The first-order valence-corrected chi connectivity index (χ1v) is 9.88. The van der Waals surface area contributed by atoms with Gasteiger partial charge < -0.3 is 10.6 Å². The third-order valence-corrected chi connectivity index (χ3v) is 3.97. The first-order chi connectivity index (χ1) is 15.3. The summed E-state index contributed by atoms with van der Waals surface area (Å²) in [7, 11) is 1.33. The highest BCUT2D eigenvalue weighted by molar-refractivity contribution is 6.12. The van der Waals surface area contributed by atoms with Crippen LogP contribution in [0.15, 0.2) is 48.5 Å². The molecule has 2 aromatic rings. The number of nitrogens with one attached hydrogen (secondary N) is 2. The van der Waals surface area contributed by atoms with Crippen LogP contribution >= 0.6 is 0 Å². The monoisotopic (exact) mass is 482 g/mol. The van der Waals surface area contributed by atoms with Gasteiger partial charge in [0.15, 0.2) is 0 Å². The van der Waals surface area contributed by atoms with E-state index in [1.165, 1.54) is 31.3 Å². The molecule has 0 radical (unpaired) electrons. The lowest BCUT2D eigenvalue weighted by Crippen LogP contribution is -2.50. The topological polar surface area (TPSA) is 58.2 Å². The molecule has 0 heterocycles. The zero-order chi connectivity index (χ0) is 26.0. The summed E-state index contributed by atoms with van der Waals surface area (Å²) in [6, 6.07) is 7.54. The van der Waals surface area contributed by atoms with Crippen molar-refractivity contribution in [2.75, 3.05) is 12.4 Å². The van der Waals surface area contributed by atoms with E-state index in [0.29, 0.717) is 12.1 Å². The summed E-state index contributed by atoms with van der Waals surface area (Å²) in [6.45, 7) is 8.00. The Morgan fingerprint density at radius 2 is 1.06 bits per heavy atom. The number of alkyl halides is 7.